The number of esters is 1. The molecule has 3 nitrogen and oxygen atoms in total. The van der Waals surface area contributed by atoms with Crippen LogP contribution in [0.4, 0.5) is 5.69 Å². The van der Waals surface area contributed by atoms with Crippen LogP contribution in [-0.4, -0.2) is 19.6 Å². The molecule has 0 saturated heterocycles. The number of methoxy groups -OCH3 is 1. The molecule has 0 unspecified atom stereocenters. The van der Waals surface area contributed by atoms with Gasteiger partial charge >= 0.3 is 5.97 Å². The summed E-state index contributed by atoms with van der Waals surface area (Å²) in [6, 6.07) is 6.31. The fraction of sp³-hybridized carbons (Fsp3) is 0.462. The lowest BCUT2D eigenvalue weighted by Gasteiger charge is -2.09. The minimum atomic E-state index is -0.150. The Balaban J connectivity index is 2.37. The van der Waals surface area contributed by atoms with E-state index in [0.717, 1.165) is 18.7 Å². The Kier molecular flexibility index (Phi) is 4.83. The smallest absolute Gasteiger partial charge is 0.305 e. The largest absolute Gasteiger partial charge is 0.469 e. The summed E-state index contributed by atoms with van der Waals surface area (Å²) in [6.45, 7) is 4.93. The topological polar surface area (TPSA) is 38.3 Å². The molecule has 0 spiro atoms. The van der Waals surface area contributed by atoms with Crippen LogP contribution in [0.15, 0.2) is 18.2 Å². The van der Waals surface area contributed by atoms with Crippen molar-refractivity contribution in [2.24, 2.45) is 0 Å². The number of hydrogen-bond acceptors (Lipinski definition) is 3. The highest BCUT2D eigenvalue weighted by Crippen LogP contribution is 2.16. The number of ether oxygens (including phenoxy) is 1. The number of aryl methyl sites for hydroxylation is 2. The van der Waals surface area contributed by atoms with Crippen LogP contribution in [0.25, 0.3) is 0 Å². The van der Waals surface area contributed by atoms with E-state index in [0.29, 0.717) is 6.42 Å². The zero-order valence-corrected chi connectivity index (χ0v) is 10.2. The van der Waals surface area contributed by atoms with Crippen molar-refractivity contribution in [3.05, 3.63) is 29.3 Å². The van der Waals surface area contributed by atoms with E-state index in [1.807, 2.05) is 0 Å². The molecule has 88 valence electrons. The van der Waals surface area contributed by atoms with Gasteiger partial charge in [0.1, 0.15) is 0 Å². The molecule has 1 aromatic rings. The first kappa shape index (κ1) is 12.6. The molecule has 0 radical (unpaired) electrons. The van der Waals surface area contributed by atoms with Gasteiger partial charge in [-0.05, 0) is 37.5 Å². The van der Waals surface area contributed by atoms with E-state index in [1.165, 1.54) is 18.2 Å². The highest BCUT2D eigenvalue weighted by Gasteiger charge is 2.00. The first-order valence-corrected chi connectivity index (χ1v) is 5.51. The third-order valence-corrected chi connectivity index (χ3v) is 2.49. The van der Waals surface area contributed by atoms with E-state index in [1.54, 1.807) is 0 Å². The highest BCUT2D eigenvalue weighted by atomic mass is 16.5. The maximum Gasteiger partial charge on any atom is 0.305 e. The second kappa shape index (κ2) is 6.16. The van der Waals surface area contributed by atoms with Crippen molar-refractivity contribution >= 4 is 11.7 Å². The molecule has 0 aliphatic rings. The number of anilines is 1. The lowest BCUT2D eigenvalue weighted by molar-refractivity contribution is -0.140. The molecule has 0 amide bonds. The Morgan fingerprint density at radius 2 is 2.12 bits per heavy atom. The molecule has 16 heavy (non-hydrogen) atoms. The monoisotopic (exact) mass is 221 g/mol. The summed E-state index contributed by atoms with van der Waals surface area (Å²) < 4.78 is 4.58. The number of nitrogens with one attached hydrogen (secondary N) is 1. The summed E-state index contributed by atoms with van der Waals surface area (Å²) in [5, 5.41) is 3.33. The van der Waals surface area contributed by atoms with Crippen LogP contribution < -0.4 is 5.32 Å². The van der Waals surface area contributed by atoms with Crippen molar-refractivity contribution < 1.29 is 9.53 Å². The van der Waals surface area contributed by atoms with Gasteiger partial charge in [-0.2, -0.15) is 0 Å². The van der Waals surface area contributed by atoms with Crippen LogP contribution >= 0.6 is 0 Å². The van der Waals surface area contributed by atoms with E-state index in [2.05, 4.69) is 42.1 Å². The second-order valence-corrected chi connectivity index (χ2v) is 3.92. The van der Waals surface area contributed by atoms with Crippen molar-refractivity contribution in [1.29, 1.82) is 0 Å². The Labute approximate surface area is 96.8 Å². The second-order valence-electron chi connectivity index (χ2n) is 3.92. The van der Waals surface area contributed by atoms with Crippen LogP contribution in [0, 0.1) is 13.8 Å². The summed E-state index contributed by atoms with van der Waals surface area (Å²) in [6.07, 6.45) is 1.26. The number of rotatable bonds is 5. The summed E-state index contributed by atoms with van der Waals surface area (Å²) >= 11 is 0. The lowest BCUT2D eigenvalue weighted by atomic mass is 10.1. The summed E-state index contributed by atoms with van der Waals surface area (Å²) in [5.41, 5.74) is 3.61. The van der Waals surface area contributed by atoms with Gasteiger partial charge in [0, 0.05) is 18.7 Å². The van der Waals surface area contributed by atoms with E-state index >= 15 is 0 Å². The minimum Gasteiger partial charge on any atom is -0.469 e. The molecule has 3 heteroatoms. The SMILES string of the molecule is COC(=O)CCCNc1cc(C)ccc1C. The minimum absolute atomic E-state index is 0.150. The van der Waals surface area contributed by atoms with Crippen LogP contribution in [0.1, 0.15) is 24.0 Å². The molecule has 0 aliphatic carbocycles. The zero-order valence-electron chi connectivity index (χ0n) is 10.2. The van der Waals surface area contributed by atoms with Gasteiger partial charge in [0.05, 0.1) is 7.11 Å². The predicted octanol–water partition coefficient (Wildman–Crippen LogP) is 2.67. The van der Waals surface area contributed by atoms with Gasteiger partial charge in [-0.25, -0.2) is 0 Å². The predicted molar refractivity (Wildman–Crippen MR) is 65.7 cm³/mol. The summed E-state index contributed by atoms with van der Waals surface area (Å²) in [4.78, 5) is 10.9. The molecular formula is C13H19NO2. The molecule has 0 fully saturated rings. The number of hydrogen-bond donors (Lipinski definition) is 1. The van der Waals surface area contributed by atoms with Gasteiger partial charge in [0.2, 0.25) is 0 Å². The zero-order chi connectivity index (χ0) is 12.0. The van der Waals surface area contributed by atoms with Crippen molar-refractivity contribution in [2.75, 3.05) is 19.0 Å². The van der Waals surface area contributed by atoms with Crippen molar-refractivity contribution in [3.63, 3.8) is 0 Å². The first-order chi connectivity index (χ1) is 7.63. The highest BCUT2D eigenvalue weighted by molar-refractivity contribution is 5.69. The fourth-order valence-corrected chi connectivity index (χ4v) is 1.48. The Morgan fingerprint density at radius 1 is 1.38 bits per heavy atom. The lowest BCUT2D eigenvalue weighted by Crippen LogP contribution is -2.07. The van der Waals surface area contributed by atoms with Crippen molar-refractivity contribution in [2.45, 2.75) is 26.7 Å². The van der Waals surface area contributed by atoms with Gasteiger partial charge in [-0.15, -0.1) is 0 Å². The number of carbonyl (C=O) groups excluding carboxylic acids is 1. The van der Waals surface area contributed by atoms with E-state index < -0.39 is 0 Å². The molecule has 1 N–H and O–H groups in total. The molecule has 0 aliphatic heterocycles. The molecule has 0 aromatic heterocycles. The van der Waals surface area contributed by atoms with Gasteiger partial charge in [0.15, 0.2) is 0 Å². The van der Waals surface area contributed by atoms with Gasteiger partial charge < -0.3 is 10.1 Å². The Morgan fingerprint density at radius 3 is 2.81 bits per heavy atom. The maximum absolute atomic E-state index is 10.9. The normalized spacial score (nSPS) is 9.94. The average Bonchev–Trinajstić information content (AvgIpc) is 2.28. The standard InChI is InChI=1S/C13H19NO2/c1-10-6-7-11(2)12(9-10)14-8-4-5-13(15)16-3/h6-7,9,14H,4-5,8H2,1-3H3. The summed E-state index contributed by atoms with van der Waals surface area (Å²) in [7, 11) is 1.42. The van der Waals surface area contributed by atoms with Crippen molar-refractivity contribution in [3.8, 4) is 0 Å². The molecule has 1 aromatic carbocycles. The first-order valence-electron chi connectivity index (χ1n) is 5.51. The molecule has 1 rings (SSSR count). The number of carbonyl (C=O) groups is 1. The van der Waals surface area contributed by atoms with Crippen LogP contribution in [0.5, 0.6) is 0 Å². The van der Waals surface area contributed by atoms with E-state index in [4.69, 9.17) is 0 Å². The number of benzene rings is 1. The maximum atomic E-state index is 10.9. The van der Waals surface area contributed by atoms with Crippen LogP contribution in [0.2, 0.25) is 0 Å². The third kappa shape index (κ3) is 3.93. The average molecular weight is 221 g/mol. The van der Waals surface area contributed by atoms with Crippen LogP contribution in [0.3, 0.4) is 0 Å². The van der Waals surface area contributed by atoms with Gasteiger partial charge in [-0.3, -0.25) is 4.79 Å². The van der Waals surface area contributed by atoms with Gasteiger partial charge in [0.25, 0.3) is 0 Å². The molecule has 0 atom stereocenters. The quantitative estimate of drug-likeness (QED) is 0.613. The molecule has 0 heterocycles. The molecule has 0 bridgehead atoms. The fourth-order valence-electron chi connectivity index (χ4n) is 1.48. The van der Waals surface area contributed by atoms with Crippen molar-refractivity contribution in [1.82, 2.24) is 0 Å². The molecule has 0 saturated carbocycles. The van der Waals surface area contributed by atoms with E-state index in [9.17, 15) is 4.79 Å². The third-order valence-electron chi connectivity index (χ3n) is 2.49. The summed E-state index contributed by atoms with van der Waals surface area (Å²) in [5.74, 6) is -0.150. The Hall–Kier alpha value is -1.51. The van der Waals surface area contributed by atoms with E-state index in [-0.39, 0.29) is 5.97 Å². The van der Waals surface area contributed by atoms with Gasteiger partial charge in [-0.1, -0.05) is 12.1 Å². The molecular weight excluding hydrogens is 202 g/mol. The van der Waals surface area contributed by atoms with Crippen LogP contribution in [-0.2, 0) is 9.53 Å². The Bertz CT molecular complexity index is 361.